The zero-order valence-corrected chi connectivity index (χ0v) is 24.0. The van der Waals surface area contributed by atoms with Crippen LogP contribution in [0.3, 0.4) is 0 Å². The van der Waals surface area contributed by atoms with E-state index < -0.39 is 11.6 Å². The van der Waals surface area contributed by atoms with E-state index >= 15 is 0 Å². The van der Waals surface area contributed by atoms with Gasteiger partial charge in [0, 0.05) is 16.4 Å². The van der Waals surface area contributed by atoms with E-state index in [0.29, 0.717) is 42.7 Å². The van der Waals surface area contributed by atoms with E-state index in [9.17, 15) is 19.5 Å². The molecule has 3 aromatic carbocycles. The van der Waals surface area contributed by atoms with Crippen molar-refractivity contribution < 1.29 is 29.0 Å². The summed E-state index contributed by atoms with van der Waals surface area (Å²) in [5.41, 5.74) is 0.342. The molecule has 0 aliphatic heterocycles. The van der Waals surface area contributed by atoms with Gasteiger partial charge in [-0.25, -0.2) is 4.79 Å². The molecule has 3 atom stereocenters. The van der Waals surface area contributed by atoms with E-state index in [1.165, 1.54) is 13.8 Å². The van der Waals surface area contributed by atoms with Gasteiger partial charge >= 0.3 is 11.9 Å². The number of carbonyl (C=O) groups is 3. The lowest BCUT2D eigenvalue weighted by Crippen LogP contribution is -2.37. The van der Waals surface area contributed by atoms with Gasteiger partial charge in [0.25, 0.3) is 0 Å². The second-order valence-corrected chi connectivity index (χ2v) is 11.7. The van der Waals surface area contributed by atoms with Crippen LogP contribution >= 0.6 is 11.8 Å². The van der Waals surface area contributed by atoms with Gasteiger partial charge in [0.1, 0.15) is 11.5 Å². The number of thioether (sulfide) groups is 1. The monoisotopic (exact) mass is 560 g/mol. The highest BCUT2D eigenvalue weighted by atomic mass is 32.2. The van der Waals surface area contributed by atoms with Gasteiger partial charge in [0.2, 0.25) is 0 Å². The molecule has 0 bridgehead atoms. The third-order valence-corrected chi connectivity index (χ3v) is 8.28. The topological polar surface area (TPSA) is 89.9 Å². The third kappa shape index (κ3) is 7.54. The maximum atomic E-state index is 13.8. The average molecular weight is 561 g/mol. The van der Waals surface area contributed by atoms with Crippen LogP contribution in [-0.2, 0) is 16.0 Å². The first-order valence-electron chi connectivity index (χ1n) is 13.6. The van der Waals surface area contributed by atoms with Crippen molar-refractivity contribution in [2.24, 2.45) is 17.8 Å². The molecule has 0 aromatic heterocycles. The fourth-order valence-electron chi connectivity index (χ4n) is 5.24. The standard InChI is InChI=1S/C33H36O6S/c1-33(2,32(36)37)39-27-16-12-22(13-17-27)20-25-21-24(31(35)38-26-9-5-4-6-10-26)8-7-11-29(25)30(34)23-14-18-28(40-3)19-15-23/h4-6,9-10,12-19,24-25,29H,7-8,11,20-21H2,1-3H3,(H,36,37). The molecule has 1 aliphatic carbocycles. The maximum Gasteiger partial charge on any atom is 0.347 e. The van der Waals surface area contributed by atoms with Gasteiger partial charge in [-0.15, -0.1) is 11.8 Å². The van der Waals surface area contributed by atoms with Crippen molar-refractivity contribution in [1.82, 2.24) is 0 Å². The van der Waals surface area contributed by atoms with Crippen molar-refractivity contribution in [2.75, 3.05) is 6.26 Å². The Kier molecular flexibility index (Phi) is 9.69. The predicted molar refractivity (Wildman–Crippen MR) is 156 cm³/mol. The highest BCUT2D eigenvalue weighted by molar-refractivity contribution is 7.98. The van der Waals surface area contributed by atoms with E-state index in [4.69, 9.17) is 9.47 Å². The number of aliphatic carboxylic acids is 1. The van der Waals surface area contributed by atoms with Crippen molar-refractivity contribution in [2.45, 2.75) is 56.4 Å². The summed E-state index contributed by atoms with van der Waals surface area (Å²) in [6.45, 7) is 3.01. The van der Waals surface area contributed by atoms with Crippen molar-refractivity contribution >= 4 is 29.5 Å². The Morgan fingerprint density at radius 2 is 1.57 bits per heavy atom. The molecule has 1 aliphatic rings. The molecule has 3 aromatic rings. The van der Waals surface area contributed by atoms with Gasteiger partial charge in [-0.1, -0.05) is 48.9 Å². The van der Waals surface area contributed by atoms with E-state index in [0.717, 1.165) is 16.9 Å². The first kappa shape index (κ1) is 29.4. The summed E-state index contributed by atoms with van der Waals surface area (Å²) in [4.78, 5) is 39.5. The zero-order chi connectivity index (χ0) is 28.7. The van der Waals surface area contributed by atoms with Crippen LogP contribution < -0.4 is 9.47 Å². The lowest BCUT2D eigenvalue weighted by Gasteiger charge is -2.26. The summed E-state index contributed by atoms with van der Waals surface area (Å²) in [6.07, 6.45) is 5.31. The highest BCUT2D eigenvalue weighted by Gasteiger charge is 2.36. The number of Topliss-reactive ketones (excluding diaryl/α,β-unsaturated/α-hetero) is 1. The van der Waals surface area contributed by atoms with Crippen molar-refractivity contribution in [3.05, 3.63) is 90.0 Å². The molecule has 40 heavy (non-hydrogen) atoms. The Balaban J connectivity index is 1.56. The van der Waals surface area contributed by atoms with Crippen LogP contribution in [0.1, 0.15) is 55.5 Å². The first-order chi connectivity index (χ1) is 19.2. The third-order valence-electron chi connectivity index (χ3n) is 7.54. The Labute approximate surface area is 240 Å². The van der Waals surface area contributed by atoms with E-state index in [2.05, 4.69) is 0 Å². The number of esters is 1. The summed E-state index contributed by atoms with van der Waals surface area (Å²) < 4.78 is 11.4. The largest absolute Gasteiger partial charge is 0.478 e. The second kappa shape index (κ2) is 13.2. The van der Waals surface area contributed by atoms with E-state index in [-0.39, 0.29) is 29.5 Å². The van der Waals surface area contributed by atoms with E-state index in [1.54, 1.807) is 36.0 Å². The highest BCUT2D eigenvalue weighted by Crippen LogP contribution is 2.38. The molecule has 0 spiro atoms. The molecule has 1 saturated carbocycles. The second-order valence-electron chi connectivity index (χ2n) is 10.8. The van der Waals surface area contributed by atoms with Gasteiger partial charge in [0.05, 0.1) is 5.92 Å². The Bertz CT molecular complexity index is 1300. The molecule has 1 fully saturated rings. The molecule has 0 amide bonds. The number of carboxylic acids is 1. The Hall–Kier alpha value is -3.58. The molecule has 7 heteroatoms. The Morgan fingerprint density at radius 3 is 2.20 bits per heavy atom. The maximum absolute atomic E-state index is 13.8. The summed E-state index contributed by atoms with van der Waals surface area (Å²) in [5.74, 6) is -0.804. The number of ether oxygens (including phenoxy) is 2. The van der Waals surface area contributed by atoms with Crippen LogP contribution in [0, 0.1) is 17.8 Å². The number of benzene rings is 3. The number of ketones is 1. The number of hydrogen-bond acceptors (Lipinski definition) is 6. The lowest BCUT2D eigenvalue weighted by atomic mass is 9.77. The van der Waals surface area contributed by atoms with Crippen LogP contribution in [0.2, 0.25) is 0 Å². The molecule has 210 valence electrons. The molecular formula is C33H36O6S. The average Bonchev–Trinajstić information content (AvgIpc) is 3.16. The smallest absolute Gasteiger partial charge is 0.347 e. The van der Waals surface area contributed by atoms with Crippen molar-refractivity contribution in [1.29, 1.82) is 0 Å². The summed E-state index contributed by atoms with van der Waals surface area (Å²) in [6, 6.07) is 24.2. The van der Waals surface area contributed by atoms with Gasteiger partial charge < -0.3 is 14.6 Å². The first-order valence-corrected chi connectivity index (χ1v) is 14.8. The number of carboxylic acid groups (broad SMARTS) is 1. The van der Waals surface area contributed by atoms with Crippen molar-refractivity contribution in [3.63, 3.8) is 0 Å². The fraction of sp³-hybridized carbons (Fsp3) is 0.364. The lowest BCUT2D eigenvalue weighted by molar-refractivity contribution is -0.152. The molecule has 0 heterocycles. The van der Waals surface area contributed by atoms with Gasteiger partial charge in [-0.05, 0) is 93.7 Å². The van der Waals surface area contributed by atoms with E-state index in [1.807, 2.05) is 60.9 Å². The van der Waals surface area contributed by atoms with Crippen LogP contribution in [0.4, 0.5) is 0 Å². The number of hydrogen-bond donors (Lipinski definition) is 1. The van der Waals surface area contributed by atoms with Crippen LogP contribution in [-0.4, -0.2) is 34.7 Å². The Morgan fingerprint density at radius 1 is 0.900 bits per heavy atom. The summed E-state index contributed by atoms with van der Waals surface area (Å²) in [5, 5.41) is 9.37. The molecule has 3 unspecified atom stereocenters. The molecule has 1 N–H and O–H groups in total. The molecule has 0 saturated heterocycles. The minimum atomic E-state index is -1.35. The number of carbonyl (C=O) groups excluding carboxylic acids is 2. The van der Waals surface area contributed by atoms with Crippen LogP contribution in [0.5, 0.6) is 11.5 Å². The molecule has 4 rings (SSSR count). The normalized spacial score (nSPS) is 19.3. The van der Waals surface area contributed by atoms with Gasteiger partial charge in [-0.3, -0.25) is 9.59 Å². The fourth-order valence-corrected chi connectivity index (χ4v) is 5.65. The zero-order valence-electron chi connectivity index (χ0n) is 23.2. The molecule has 6 nitrogen and oxygen atoms in total. The summed E-state index contributed by atoms with van der Waals surface area (Å²) in [7, 11) is 0. The summed E-state index contributed by atoms with van der Waals surface area (Å²) >= 11 is 1.64. The number of para-hydroxylation sites is 1. The van der Waals surface area contributed by atoms with Crippen LogP contribution in [0.15, 0.2) is 83.8 Å². The molecule has 0 radical (unpaired) electrons. The van der Waals surface area contributed by atoms with Crippen molar-refractivity contribution in [3.8, 4) is 11.5 Å². The van der Waals surface area contributed by atoms with Gasteiger partial charge in [0.15, 0.2) is 11.4 Å². The quantitative estimate of drug-likeness (QED) is 0.0929. The SMILES string of the molecule is CSc1ccc(C(=O)C2CCCC(C(=O)Oc3ccccc3)CC2Cc2ccc(OC(C)(C)C(=O)O)cc2)cc1. The van der Waals surface area contributed by atoms with Crippen LogP contribution in [0.25, 0.3) is 0 Å². The minimum Gasteiger partial charge on any atom is -0.478 e. The predicted octanol–water partition coefficient (Wildman–Crippen LogP) is 7.10. The number of rotatable bonds is 10. The molecular weight excluding hydrogens is 524 g/mol. The van der Waals surface area contributed by atoms with Gasteiger partial charge in [-0.2, -0.15) is 0 Å². The minimum absolute atomic E-state index is 0.0641.